The summed E-state index contributed by atoms with van der Waals surface area (Å²) in [5.41, 5.74) is -8.30. The third-order valence-corrected chi connectivity index (χ3v) is 12.8. The Morgan fingerprint density at radius 2 is 1.51 bits per heavy atom. The van der Waals surface area contributed by atoms with Crippen LogP contribution in [0.5, 0.6) is 0 Å². The Morgan fingerprint density at radius 3 is 2.05 bits per heavy atom. The summed E-state index contributed by atoms with van der Waals surface area (Å²) in [6, 6.07) is 14.5. The van der Waals surface area contributed by atoms with Gasteiger partial charge in [0.25, 0.3) is 0 Å². The lowest BCUT2D eigenvalue weighted by Crippen LogP contribution is -2.82. The zero-order chi connectivity index (χ0) is 45.0. The van der Waals surface area contributed by atoms with Crippen LogP contribution >= 0.6 is 0 Å². The number of hydrogen-bond donors (Lipinski definition) is 4. The van der Waals surface area contributed by atoms with Crippen molar-refractivity contribution < 1.29 is 72.5 Å². The number of aliphatic hydroxyl groups excluding tert-OH is 2. The van der Waals surface area contributed by atoms with Crippen LogP contribution in [0, 0.1) is 16.7 Å². The van der Waals surface area contributed by atoms with Crippen molar-refractivity contribution in [1.29, 1.82) is 0 Å². The summed E-state index contributed by atoms with van der Waals surface area (Å²) in [5, 5.41) is 39.9. The minimum absolute atomic E-state index is 0.0126. The van der Waals surface area contributed by atoms with Gasteiger partial charge in [0.05, 0.1) is 35.6 Å². The van der Waals surface area contributed by atoms with Crippen LogP contribution in [0.3, 0.4) is 0 Å². The molecule has 0 spiro atoms. The first kappa shape index (κ1) is 45.4. The Bertz CT molecular complexity index is 2100. The van der Waals surface area contributed by atoms with Crippen molar-refractivity contribution in [2.75, 3.05) is 6.61 Å². The monoisotopic (exact) mass is 849 g/mol. The maximum atomic E-state index is 15.5. The molecule has 16 nitrogen and oxygen atoms in total. The zero-order valence-corrected chi connectivity index (χ0v) is 35.8. The van der Waals surface area contributed by atoms with Gasteiger partial charge in [0.1, 0.15) is 29.5 Å². The highest BCUT2D eigenvalue weighted by atomic mass is 16.6. The number of hydrogen-bond acceptors (Lipinski definition) is 15. The van der Waals surface area contributed by atoms with Gasteiger partial charge < -0.3 is 49.1 Å². The van der Waals surface area contributed by atoms with E-state index in [1.165, 1.54) is 26.0 Å². The number of benzene rings is 2. The Morgan fingerprint density at radius 1 is 0.902 bits per heavy atom. The van der Waals surface area contributed by atoms with Gasteiger partial charge >= 0.3 is 30.0 Å². The van der Waals surface area contributed by atoms with Crippen LogP contribution in [0.15, 0.2) is 71.8 Å². The second-order valence-electron chi connectivity index (χ2n) is 18.2. The summed E-state index contributed by atoms with van der Waals surface area (Å²) in [5.74, 6) is -6.30. The van der Waals surface area contributed by atoms with E-state index in [-0.39, 0.29) is 29.7 Å². The Balaban J connectivity index is 1.54. The summed E-state index contributed by atoms with van der Waals surface area (Å²) in [4.78, 5) is 82.9. The van der Waals surface area contributed by atoms with E-state index in [2.05, 4.69) is 5.32 Å². The number of ether oxygens (including phenoxy) is 6. The lowest BCUT2D eigenvalue weighted by molar-refractivity contribution is -0.346. The summed E-state index contributed by atoms with van der Waals surface area (Å²) >= 11 is 0. The molecule has 2 saturated carbocycles. The molecular formula is C45H55NO15. The molecule has 2 bridgehead atoms. The number of carbonyl (C=O) groups is 6. The molecule has 1 heterocycles. The maximum absolute atomic E-state index is 15.5. The predicted molar refractivity (Wildman–Crippen MR) is 213 cm³/mol. The van der Waals surface area contributed by atoms with Crippen LogP contribution in [-0.4, -0.2) is 111 Å². The second-order valence-corrected chi connectivity index (χ2v) is 18.2. The van der Waals surface area contributed by atoms with Crippen LogP contribution in [0.4, 0.5) is 4.79 Å². The van der Waals surface area contributed by atoms with Crippen LogP contribution < -0.4 is 5.32 Å². The number of amides is 1. The molecule has 11 atom stereocenters. The van der Waals surface area contributed by atoms with Crippen molar-refractivity contribution in [3.63, 3.8) is 0 Å². The fourth-order valence-corrected chi connectivity index (χ4v) is 9.80. The van der Waals surface area contributed by atoms with E-state index >= 15 is 4.79 Å². The van der Waals surface area contributed by atoms with Crippen molar-refractivity contribution in [2.24, 2.45) is 16.7 Å². The molecule has 1 amide bonds. The van der Waals surface area contributed by atoms with Gasteiger partial charge in [0.15, 0.2) is 23.6 Å². The number of aliphatic hydroxyl groups is 3. The molecule has 1 aliphatic heterocycles. The van der Waals surface area contributed by atoms with Crippen LogP contribution in [0.25, 0.3) is 0 Å². The highest BCUT2D eigenvalue weighted by molar-refractivity contribution is 5.95. The maximum Gasteiger partial charge on any atom is 0.408 e. The second kappa shape index (κ2) is 16.3. The number of carbonyl (C=O) groups excluding carboxylic acids is 6. The highest BCUT2D eigenvalue weighted by Crippen LogP contribution is 2.64. The van der Waals surface area contributed by atoms with Crippen molar-refractivity contribution in [1.82, 2.24) is 5.32 Å². The van der Waals surface area contributed by atoms with Crippen LogP contribution in [0.1, 0.15) is 97.1 Å². The van der Waals surface area contributed by atoms with E-state index in [9.17, 15) is 39.3 Å². The topological polar surface area (TPSA) is 231 Å². The fraction of sp³-hybridized carbons (Fsp3) is 0.556. The molecule has 3 fully saturated rings. The molecule has 0 aromatic heterocycles. The minimum atomic E-state index is -2.40. The molecule has 4 aliphatic rings. The van der Waals surface area contributed by atoms with Crippen LogP contribution in [-0.2, 0) is 47.6 Å². The first-order chi connectivity index (χ1) is 28.4. The third kappa shape index (κ3) is 7.94. The molecule has 0 radical (unpaired) electrons. The van der Waals surface area contributed by atoms with Crippen molar-refractivity contribution in [3.8, 4) is 0 Å². The number of Topliss-reactive ketones (excluding diaryl/α,β-unsaturated/α-hetero) is 1. The zero-order valence-electron chi connectivity index (χ0n) is 35.8. The van der Waals surface area contributed by atoms with Gasteiger partial charge in [-0.3, -0.25) is 14.4 Å². The molecule has 16 heteroatoms. The Labute approximate surface area is 353 Å². The standard InChI is InChI=1S/C45H55NO15/c1-23-28(58-39(53)33(50)32(26-16-12-10-13-17-26)46-40(54)61-41(4,5)6)21-45(55)37(59-38(52)27-18-14-11-15-19-27)35-43(9,29(49)20-30-44(35,22-56-30)60-25(3)48)36(51)34(57-24(2)47)31(23)42(45,7)8/h10-19,28-30,32-35,37,49-50,55H,20-22H2,1-9H3,(H,46,54)/t28-,29-,30?,32-,33+,34+,35-,37-,43+,44-,45?/m0/s1. The summed E-state index contributed by atoms with van der Waals surface area (Å²) in [7, 11) is 0. The van der Waals surface area contributed by atoms with Gasteiger partial charge in [-0.25, -0.2) is 14.4 Å². The quantitative estimate of drug-likeness (QED) is 0.160. The van der Waals surface area contributed by atoms with E-state index in [0.717, 1.165) is 13.8 Å². The number of nitrogens with one attached hydrogen (secondary N) is 1. The third-order valence-electron chi connectivity index (χ3n) is 12.8. The van der Waals surface area contributed by atoms with E-state index in [1.807, 2.05) is 0 Å². The summed E-state index contributed by atoms with van der Waals surface area (Å²) in [6.07, 6.45) is -11.5. The lowest BCUT2D eigenvalue weighted by atomic mass is 9.44. The van der Waals surface area contributed by atoms with E-state index in [0.29, 0.717) is 5.56 Å². The normalized spacial score (nSPS) is 32.5. The average molecular weight is 850 g/mol. The van der Waals surface area contributed by atoms with E-state index < -0.39 is 118 Å². The van der Waals surface area contributed by atoms with Gasteiger partial charge in [-0.05, 0) is 63.5 Å². The minimum Gasteiger partial charge on any atom is -0.456 e. The number of ketones is 1. The van der Waals surface area contributed by atoms with E-state index in [1.54, 1.807) is 83.1 Å². The molecule has 1 saturated heterocycles. The molecule has 2 aromatic rings. The number of fused-ring (bicyclic) bond motifs is 5. The largest absolute Gasteiger partial charge is 0.456 e. The summed E-state index contributed by atoms with van der Waals surface area (Å²) < 4.78 is 35.6. The number of esters is 4. The van der Waals surface area contributed by atoms with E-state index in [4.69, 9.17) is 28.4 Å². The van der Waals surface area contributed by atoms with Crippen molar-refractivity contribution in [2.45, 2.75) is 135 Å². The van der Waals surface area contributed by atoms with Gasteiger partial charge in [-0.1, -0.05) is 62.4 Å². The molecule has 6 rings (SSSR count). The highest BCUT2D eigenvalue weighted by Gasteiger charge is 2.78. The molecule has 330 valence electrons. The summed E-state index contributed by atoms with van der Waals surface area (Å²) in [6.45, 7) is 12.9. The van der Waals surface area contributed by atoms with Gasteiger partial charge in [0.2, 0.25) is 0 Å². The molecule has 4 N–H and O–H groups in total. The first-order valence-corrected chi connectivity index (χ1v) is 20.2. The van der Waals surface area contributed by atoms with Gasteiger partial charge in [0, 0.05) is 32.1 Å². The fourth-order valence-electron chi connectivity index (χ4n) is 9.80. The molecule has 61 heavy (non-hydrogen) atoms. The number of alkyl carbamates (subject to hydrolysis) is 1. The molecule has 2 unspecified atom stereocenters. The Kier molecular flexibility index (Phi) is 12.1. The van der Waals surface area contributed by atoms with Gasteiger partial charge in [-0.2, -0.15) is 0 Å². The SMILES string of the molecule is CC(=O)O[C@H]1C(=O)[C@]2(C)[C@@H](O)CC3OC[C@@]3(OC(C)=O)[C@H]2[C@H](OC(=O)c2ccccc2)C2(O)C[C@H](OC(=O)[C@H](O)[C@@H](NC(=O)OC(C)(C)C)c3ccccc3)C(C)=C1C2(C)C. The molecular weight excluding hydrogens is 794 g/mol. The van der Waals surface area contributed by atoms with Gasteiger partial charge in [-0.15, -0.1) is 0 Å². The van der Waals surface area contributed by atoms with Crippen molar-refractivity contribution in [3.05, 3.63) is 82.9 Å². The first-order valence-electron chi connectivity index (χ1n) is 20.2. The predicted octanol–water partition coefficient (Wildman–Crippen LogP) is 3.83. The van der Waals surface area contributed by atoms with Crippen molar-refractivity contribution >= 4 is 35.8 Å². The molecule has 2 aromatic carbocycles. The average Bonchev–Trinajstić information content (AvgIpc) is 3.17. The number of rotatable bonds is 9. The molecule has 3 aliphatic carbocycles. The van der Waals surface area contributed by atoms with Crippen LogP contribution in [0.2, 0.25) is 0 Å². The smallest absolute Gasteiger partial charge is 0.408 e. The Hall–Kier alpha value is -5.16. The lowest BCUT2D eigenvalue weighted by Gasteiger charge is -2.67.